The topological polar surface area (TPSA) is 56.0 Å². The lowest BCUT2D eigenvalue weighted by atomic mass is 10.3. The molecule has 0 amide bonds. The van der Waals surface area contributed by atoms with Gasteiger partial charge in [-0.05, 0) is 18.7 Å². The van der Waals surface area contributed by atoms with Gasteiger partial charge in [0.2, 0.25) is 0 Å². The van der Waals surface area contributed by atoms with Gasteiger partial charge in [-0.2, -0.15) is 0 Å². The molecule has 2 aromatic rings. The van der Waals surface area contributed by atoms with Gasteiger partial charge in [0, 0.05) is 6.42 Å². The highest BCUT2D eigenvalue weighted by atomic mass is 32.1. The second-order valence-corrected chi connectivity index (χ2v) is 3.98. The number of fused-ring (bicyclic) bond motifs is 1. The average molecular weight is 206 g/mol. The highest BCUT2D eigenvalue weighted by Gasteiger charge is 2.10. The number of Topliss-reactive ketones (excluding diaryl/α,β-unsaturated/α-hetero) is 1. The molecule has 1 aromatic carbocycles. The van der Waals surface area contributed by atoms with Crippen LogP contribution in [0.5, 0.6) is 0 Å². The maximum Gasteiger partial charge on any atom is 0.192 e. The van der Waals surface area contributed by atoms with Crippen molar-refractivity contribution in [3.05, 3.63) is 29.3 Å². The first-order valence-corrected chi connectivity index (χ1v) is 5.22. The van der Waals surface area contributed by atoms with E-state index in [1.165, 1.54) is 11.3 Å². The van der Waals surface area contributed by atoms with Crippen molar-refractivity contribution in [3.8, 4) is 0 Å². The predicted molar refractivity (Wildman–Crippen MR) is 57.6 cm³/mol. The van der Waals surface area contributed by atoms with Crippen molar-refractivity contribution in [1.29, 1.82) is 0 Å². The van der Waals surface area contributed by atoms with E-state index in [1.807, 2.05) is 24.3 Å². The van der Waals surface area contributed by atoms with Gasteiger partial charge in [0.05, 0.1) is 10.2 Å². The van der Waals surface area contributed by atoms with Crippen molar-refractivity contribution >= 4 is 27.3 Å². The van der Waals surface area contributed by atoms with Gasteiger partial charge in [-0.1, -0.05) is 12.1 Å². The molecule has 2 N–H and O–H groups in total. The Kier molecular flexibility index (Phi) is 2.56. The lowest BCUT2D eigenvalue weighted by Gasteiger charge is -1.89. The number of hydrogen-bond donors (Lipinski definition) is 1. The number of carbonyl (C=O) groups is 1. The van der Waals surface area contributed by atoms with E-state index in [0.717, 1.165) is 10.2 Å². The van der Waals surface area contributed by atoms with Crippen molar-refractivity contribution in [2.45, 2.75) is 6.42 Å². The highest BCUT2D eigenvalue weighted by Crippen LogP contribution is 2.22. The largest absolute Gasteiger partial charge is 0.330 e. The molecule has 1 aromatic heterocycles. The Morgan fingerprint density at radius 3 is 2.93 bits per heavy atom. The molecule has 72 valence electrons. The number of carbonyl (C=O) groups excluding carboxylic acids is 1. The van der Waals surface area contributed by atoms with Crippen LogP contribution in [0.1, 0.15) is 16.2 Å². The van der Waals surface area contributed by atoms with Crippen molar-refractivity contribution in [2.75, 3.05) is 6.54 Å². The lowest BCUT2D eigenvalue weighted by Crippen LogP contribution is -2.07. The van der Waals surface area contributed by atoms with Crippen LogP contribution in [0.4, 0.5) is 0 Å². The maximum atomic E-state index is 11.5. The zero-order chi connectivity index (χ0) is 9.97. The third-order valence-corrected chi connectivity index (χ3v) is 2.98. The Morgan fingerprint density at radius 1 is 1.43 bits per heavy atom. The molecule has 0 fully saturated rings. The van der Waals surface area contributed by atoms with E-state index in [1.54, 1.807) is 0 Å². The molecule has 0 unspecified atom stereocenters. The Balaban J connectivity index is 2.40. The second-order valence-electron chi connectivity index (χ2n) is 2.95. The summed E-state index contributed by atoms with van der Waals surface area (Å²) in [6.07, 6.45) is 0.375. The van der Waals surface area contributed by atoms with Crippen LogP contribution in [0.15, 0.2) is 24.3 Å². The molecule has 0 saturated heterocycles. The number of aromatic nitrogens is 1. The molecule has 3 nitrogen and oxygen atoms in total. The summed E-state index contributed by atoms with van der Waals surface area (Å²) in [4.78, 5) is 15.7. The van der Waals surface area contributed by atoms with E-state index in [2.05, 4.69) is 4.98 Å². The molecule has 4 heteroatoms. The van der Waals surface area contributed by atoms with Gasteiger partial charge < -0.3 is 5.73 Å². The fourth-order valence-corrected chi connectivity index (χ4v) is 2.16. The summed E-state index contributed by atoms with van der Waals surface area (Å²) in [5.41, 5.74) is 6.20. The summed E-state index contributed by atoms with van der Waals surface area (Å²) < 4.78 is 1.05. The zero-order valence-electron chi connectivity index (χ0n) is 7.56. The molecular formula is C10H10N2OS. The first kappa shape index (κ1) is 9.30. The van der Waals surface area contributed by atoms with E-state index >= 15 is 0 Å². The molecule has 1 heterocycles. The summed E-state index contributed by atoms with van der Waals surface area (Å²) in [6, 6.07) is 7.73. The lowest BCUT2D eigenvalue weighted by molar-refractivity contribution is 0.0985. The number of thiazole rings is 1. The van der Waals surface area contributed by atoms with E-state index in [4.69, 9.17) is 5.73 Å². The number of benzene rings is 1. The van der Waals surface area contributed by atoms with Crippen LogP contribution in [0, 0.1) is 0 Å². The number of nitrogens with zero attached hydrogens (tertiary/aromatic N) is 1. The fourth-order valence-electron chi connectivity index (χ4n) is 1.23. The minimum Gasteiger partial charge on any atom is -0.330 e. The van der Waals surface area contributed by atoms with E-state index in [-0.39, 0.29) is 5.78 Å². The molecule has 0 bridgehead atoms. The van der Waals surface area contributed by atoms with Crippen LogP contribution in [0.2, 0.25) is 0 Å². The van der Waals surface area contributed by atoms with Crippen LogP contribution in [0.25, 0.3) is 10.2 Å². The maximum absolute atomic E-state index is 11.5. The van der Waals surface area contributed by atoms with Crippen LogP contribution in [0.3, 0.4) is 0 Å². The fraction of sp³-hybridized carbons (Fsp3) is 0.200. The Labute approximate surface area is 85.6 Å². The molecule has 0 spiro atoms. The van der Waals surface area contributed by atoms with E-state index < -0.39 is 0 Å². The Bertz CT molecular complexity index is 431. The van der Waals surface area contributed by atoms with Crippen molar-refractivity contribution in [3.63, 3.8) is 0 Å². The molecule has 0 aliphatic rings. The molecule has 0 atom stereocenters. The number of hydrogen-bond acceptors (Lipinski definition) is 4. The first-order valence-electron chi connectivity index (χ1n) is 4.40. The highest BCUT2D eigenvalue weighted by molar-refractivity contribution is 7.20. The minimum atomic E-state index is 0.0358. The summed E-state index contributed by atoms with van der Waals surface area (Å²) in [7, 11) is 0. The van der Waals surface area contributed by atoms with Crippen LogP contribution >= 0.6 is 11.3 Å². The van der Waals surface area contributed by atoms with Gasteiger partial charge >= 0.3 is 0 Å². The normalized spacial score (nSPS) is 10.6. The third-order valence-electron chi connectivity index (χ3n) is 1.90. The van der Waals surface area contributed by atoms with E-state index in [0.29, 0.717) is 18.0 Å². The van der Waals surface area contributed by atoms with E-state index in [9.17, 15) is 4.79 Å². The summed E-state index contributed by atoms with van der Waals surface area (Å²) in [5, 5.41) is 0.566. The molecular weight excluding hydrogens is 196 g/mol. The second kappa shape index (κ2) is 3.86. The van der Waals surface area contributed by atoms with Gasteiger partial charge in [0.1, 0.15) is 0 Å². The van der Waals surface area contributed by atoms with Gasteiger partial charge in [-0.3, -0.25) is 4.79 Å². The number of ketones is 1. The number of rotatable bonds is 3. The van der Waals surface area contributed by atoms with Crippen LogP contribution < -0.4 is 5.73 Å². The Morgan fingerprint density at radius 2 is 2.21 bits per heavy atom. The summed E-state index contributed by atoms with van der Waals surface area (Å²) in [5.74, 6) is 0.0358. The smallest absolute Gasteiger partial charge is 0.192 e. The quantitative estimate of drug-likeness (QED) is 0.779. The number of para-hydroxylation sites is 1. The van der Waals surface area contributed by atoms with Crippen molar-refractivity contribution in [1.82, 2.24) is 4.98 Å². The summed E-state index contributed by atoms with van der Waals surface area (Å²) >= 11 is 1.43. The molecule has 2 rings (SSSR count). The van der Waals surface area contributed by atoms with Crippen LogP contribution in [-0.4, -0.2) is 17.3 Å². The molecule has 0 saturated carbocycles. The monoisotopic (exact) mass is 206 g/mol. The Hall–Kier alpha value is -1.26. The van der Waals surface area contributed by atoms with Gasteiger partial charge in [0.15, 0.2) is 10.8 Å². The number of nitrogens with two attached hydrogens (primary N) is 1. The first-order chi connectivity index (χ1) is 6.81. The molecule has 0 aliphatic heterocycles. The molecule has 14 heavy (non-hydrogen) atoms. The van der Waals surface area contributed by atoms with Crippen molar-refractivity contribution in [2.24, 2.45) is 5.73 Å². The van der Waals surface area contributed by atoms with Gasteiger partial charge in [0.25, 0.3) is 0 Å². The van der Waals surface area contributed by atoms with Gasteiger partial charge in [-0.15, -0.1) is 11.3 Å². The molecule has 0 radical (unpaired) electrons. The third kappa shape index (κ3) is 1.66. The SMILES string of the molecule is NCCC(=O)c1nc2ccccc2s1. The minimum absolute atomic E-state index is 0.0358. The van der Waals surface area contributed by atoms with Crippen molar-refractivity contribution < 1.29 is 4.79 Å². The summed E-state index contributed by atoms with van der Waals surface area (Å²) in [6.45, 7) is 0.384. The van der Waals surface area contributed by atoms with Crippen LogP contribution in [-0.2, 0) is 0 Å². The molecule has 0 aliphatic carbocycles. The predicted octanol–water partition coefficient (Wildman–Crippen LogP) is 1.83. The standard InChI is InChI=1S/C10H10N2OS/c11-6-5-8(13)10-12-7-3-1-2-4-9(7)14-10/h1-4H,5-6,11H2. The average Bonchev–Trinajstić information content (AvgIpc) is 2.61. The zero-order valence-corrected chi connectivity index (χ0v) is 8.38. The van der Waals surface area contributed by atoms with Gasteiger partial charge in [-0.25, -0.2) is 4.98 Å².